The molecule has 0 aliphatic rings. The molecule has 2 rings (SSSR count). The van der Waals surface area contributed by atoms with Gasteiger partial charge in [-0.1, -0.05) is 6.07 Å². The van der Waals surface area contributed by atoms with Gasteiger partial charge in [-0.2, -0.15) is 0 Å². The Labute approximate surface area is 122 Å². The summed E-state index contributed by atoms with van der Waals surface area (Å²) in [6.07, 6.45) is 0.345. The Morgan fingerprint density at radius 2 is 2.06 bits per heavy atom. The van der Waals surface area contributed by atoms with Crippen molar-refractivity contribution in [1.82, 2.24) is 0 Å². The van der Waals surface area contributed by atoms with Gasteiger partial charge in [0, 0.05) is 10.9 Å². The van der Waals surface area contributed by atoms with Crippen LogP contribution in [0, 0.1) is 18.6 Å². The standard InChI is InChI=1S/C13H10BrClF2S/c1-7-10(6-13(14)18-7)11(15)4-8-2-3-9(16)5-12(8)17/h2-3,5-6,11H,4H2,1H3. The van der Waals surface area contributed by atoms with Gasteiger partial charge in [-0.25, -0.2) is 8.78 Å². The number of aryl methyl sites for hydroxylation is 1. The topological polar surface area (TPSA) is 0 Å². The van der Waals surface area contributed by atoms with E-state index in [-0.39, 0.29) is 5.38 Å². The summed E-state index contributed by atoms with van der Waals surface area (Å²) in [4.78, 5) is 1.10. The van der Waals surface area contributed by atoms with Gasteiger partial charge in [0.15, 0.2) is 0 Å². The van der Waals surface area contributed by atoms with Crippen LogP contribution in [0.1, 0.15) is 21.4 Å². The molecule has 1 heterocycles. The molecule has 1 aromatic heterocycles. The molecule has 0 saturated carbocycles. The molecule has 0 spiro atoms. The molecule has 0 fully saturated rings. The first kappa shape index (κ1) is 14.0. The maximum Gasteiger partial charge on any atom is 0.129 e. The molecule has 0 aliphatic heterocycles. The van der Waals surface area contributed by atoms with E-state index in [9.17, 15) is 8.78 Å². The highest BCUT2D eigenvalue weighted by atomic mass is 79.9. The fraction of sp³-hybridized carbons (Fsp3) is 0.231. The number of thiophene rings is 1. The molecule has 0 aliphatic carbocycles. The van der Waals surface area contributed by atoms with Crippen molar-refractivity contribution in [3.8, 4) is 0 Å². The van der Waals surface area contributed by atoms with Gasteiger partial charge >= 0.3 is 0 Å². The van der Waals surface area contributed by atoms with E-state index in [0.29, 0.717) is 12.0 Å². The van der Waals surface area contributed by atoms with Crippen molar-refractivity contribution < 1.29 is 8.78 Å². The Hall–Kier alpha value is -0.450. The zero-order valence-electron chi connectivity index (χ0n) is 9.51. The molecule has 96 valence electrons. The third-order valence-corrected chi connectivity index (χ3v) is 4.64. The molecule has 5 heteroatoms. The summed E-state index contributed by atoms with van der Waals surface area (Å²) in [6, 6.07) is 5.52. The summed E-state index contributed by atoms with van der Waals surface area (Å²) in [5.41, 5.74) is 1.41. The van der Waals surface area contributed by atoms with Crippen LogP contribution in [0.4, 0.5) is 8.78 Å². The van der Waals surface area contributed by atoms with Crippen LogP contribution in [0.25, 0.3) is 0 Å². The van der Waals surface area contributed by atoms with Crippen molar-refractivity contribution in [2.24, 2.45) is 0 Å². The number of hydrogen-bond donors (Lipinski definition) is 0. The molecule has 0 saturated heterocycles. The molecule has 0 radical (unpaired) electrons. The van der Waals surface area contributed by atoms with Crippen molar-refractivity contribution in [3.63, 3.8) is 0 Å². The zero-order chi connectivity index (χ0) is 13.3. The minimum absolute atomic E-state index is 0.312. The van der Waals surface area contributed by atoms with Crippen LogP contribution in [0.3, 0.4) is 0 Å². The number of benzene rings is 1. The maximum absolute atomic E-state index is 13.5. The second kappa shape index (κ2) is 5.68. The van der Waals surface area contributed by atoms with Gasteiger partial charge in [-0.15, -0.1) is 22.9 Å². The Kier molecular flexibility index (Phi) is 4.41. The Balaban J connectivity index is 2.21. The van der Waals surface area contributed by atoms with Crippen LogP contribution < -0.4 is 0 Å². The summed E-state index contributed by atoms with van der Waals surface area (Å²) in [6.45, 7) is 1.97. The minimum Gasteiger partial charge on any atom is -0.207 e. The number of halogens is 4. The summed E-state index contributed by atoms with van der Waals surface area (Å²) in [7, 11) is 0. The highest BCUT2D eigenvalue weighted by Gasteiger charge is 2.16. The molecule has 1 unspecified atom stereocenters. The smallest absolute Gasteiger partial charge is 0.129 e. The van der Waals surface area contributed by atoms with Crippen molar-refractivity contribution >= 4 is 38.9 Å². The van der Waals surface area contributed by atoms with Crippen molar-refractivity contribution in [2.45, 2.75) is 18.7 Å². The predicted molar refractivity (Wildman–Crippen MR) is 75.4 cm³/mol. The van der Waals surface area contributed by atoms with E-state index < -0.39 is 11.6 Å². The molecule has 0 N–H and O–H groups in total. The molecule has 1 atom stereocenters. The lowest BCUT2D eigenvalue weighted by atomic mass is 10.0. The van der Waals surface area contributed by atoms with E-state index in [1.165, 1.54) is 12.1 Å². The number of alkyl halides is 1. The average molecular weight is 352 g/mol. The first-order valence-corrected chi connectivity index (χ1v) is 7.36. The first-order valence-electron chi connectivity index (χ1n) is 5.31. The summed E-state index contributed by atoms with van der Waals surface area (Å²) < 4.78 is 27.3. The van der Waals surface area contributed by atoms with E-state index in [1.54, 1.807) is 11.3 Å². The monoisotopic (exact) mass is 350 g/mol. The van der Waals surface area contributed by atoms with E-state index in [2.05, 4.69) is 15.9 Å². The first-order chi connectivity index (χ1) is 8.47. The third-order valence-electron chi connectivity index (χ3n) is 2.68. The number of hydrogen-bond acceptors (Lipinski definition) is 1. The fourth-order valence-corrected chi connectivity index (χ4v) is 3.99. The zero-order valence-corrected chi connectivity index (χ0v) is 12.7. The lowest BCUT2D eigenvalue weighted by molar-refractivity contribution is 0.570. The number of rotatable bonds is 3. The molecule has 0 amide bonds. The van der Waals surface area contributed by atoms with Gasteiger partial charge in [-0.05, 0) is 52.5 Å². The van der Waals surface area contributed by atoms with Gasteiger partial charge in [-0.3, -0.25) is 0 Å². The van der Waals surface area contributed by atoms with Crippen molar-refractivity contribution in [1.29, 1.82) is 0 Å². The SMILES string of the molecule is Cc1sc(Br)cc1C(Cl)Cc1ccc(F)cc1F. The second-order valence-corrected chi connectivity index (χ2v) is 7.13. The Morgan fingerprint density at radius 3 is 2.61 bits per heavy atom. The van der Waals surface area contributed by atoms with Crippen molar-refractivity contribution in [3.05, 3.63) is 55.7 Å². The van der Waals surface area contributed by atoms with Gasteiger partial charge in [0.05, 0.1) is 9.16 Å². The average Bonchev–Trinajstić information content (AvgIpc) is 2.62. The van der Waals surface area contributed by atoms with E-state index in [1.807, 2.05) is 13.0 Å². The van der Waals surface area contributed by atoms with Gasteiger partial charge in [0.25, 0.3) is 0 Å². The summed E-state index contributed by atoms with van der Waals surface area (Å²) in [5.74, 6) is -1.12. The summed E-state index contributed by atoms with van der Waals surface area (Å²) in [5, 5.41) is -0.312. The lowest BCUT2D eigenvalue weighted by Gasteiger charge is -2.10. The van der Waals surface area contributed by atoms with Crippen LogP contribution >= 0.6 is 38.9 Å². The highest BCUT2D eigenvalue weighted by Crippen LogP contribution is 2.35. The van der Waals surface area contributed by atoms with E-state index in [0.717, 1.165) is 20.3 Å². The van der Waals surface area contributed by atoms with Crippen LogP contribution in [0.2, 0.25) is 0 Å². The molecule has 0 nitrogen and oxygen atoms in total. The largest absolute Gasteiger partial charge is 0.207 e. The lowest BCUT2D eigenvalue weighted by Crippen LogP contribution is -1.99. The molecule has 2 aromatic rings. The van der Waals surface area contributed by atoms with Gasteiger partial charge in [0.2, 0.25) is 0 Å². The van der Waals surface area contributed by atoms with E-state index >= 15 is 0 Å². The second-order valence-electron chi connectivity index (χ2n) is 3.97. The van der Waals surface area contributed by atoms with Crippen molar-refractivity contribution in [2.75, 3.05) is 0 Å². The Bertz CT molecular complexity index is 568. The maximum atomic E-state index is 13.5. The minimum atomic E-state index is -0.572. The molecule has 1 aromatic carbocycles. The van der Waals surface area contributed by atoms with Crippen LogP contribution in [-0.4, -0.2) is 0 Å². The molecular formula is C13H10BrClF2S. The predicted octanol–water partition coefficient (Wildman–Crippen LogP) is 5.62. The highest BCUT2D eigenvalue weighted by molar-refractivity contribution is 9.11. The quantitative estimate of drug-likeness (QED) is 0.630. The molecule has 18 heavy (non-hydrogen) atoms. The van der Waals surface area contributed by atoms with Crippen LogP contribution in [-0.2, 0) is 6.42 Å². The fourth-order valence-electron chi connectivity index (χ4n) is 1.76. The van der Waals surface area contributed by atoms with Crippen LogP contribution in [0.15, 0.2) is 28.1 Å². The molecule has 0 bridgehead atoms. The van der Waals surface area contributed by atoms with Gasteiger partial charge in [0.1, 0.15) is 11.6 Å². The Morgan fingerprint density at radius 1 is 1.33 bits per heavy atom. The van der Waals surface area contributed by atoms with E-state index in [4.69, 9.17) is 11.6 Å². The summed E-state index contributed by atoms with van der Waals surface area (Å²) >= 11 is 11.3. The van der Waals surface area contributed by atoms with Crippen LogP contribution in [0.5, 0.6) is 0 Å². The van der Waals surface area contributed by atoms with Gasteiger partial charge < -0.3 is 0 Å². The third kappa shape index (κ3) is 3.11. The normalized spacial score (nSPS) is 12.7. The molecular weight excluding hydrogens is 342 g/mol.